The minimum atomic E-state index is -0.278. The van der Waals surface area contributed by atoms with Gasteiger partial charge in [0.05, 0.1) is 17.8 Å². The lowest BCUT2D eigenvalue weighted by atomic mass is 9.91. The third-order valence-electron chi connectivity index (χ3n) is 5.11. The zero-order valence-corrected chi connectivity index (χ0v) is 15.5. The molecule has 0 unspecified atom stereocenters. The van der Waals surface area contributed by atoms with E-state index in [1.807, 2.05) is 17.0 Å². The Morgan fingerprint density at radius 2 is 1.79 bits per heavy atom. The number of piperidine rings is 1. The number of rotatable bonds is 4. The molecule has 0 saturated carbocycles. The second-order valence-electron chi connectivity index (χ2n) is 7.01. The van der Waals surface area contributed by atoms with Gasteiger partial charge in [-0.2, -0.15) is 0 Å². The van der Waals surface area contributed by atoms with E-state index in [9.17, 15) is 9.18 Å². The molecule has 1 aliphatic heterocycles. The molecule has 5 nitrogen and oxygen atoms in total. The van der Waals surface area contributed by atoms with Gasteiger partial charge in [-0.05, 0) is 54.8 Å². The second kappa shape index (κ2) is 8.25. The number of nitrogens with zero attached hydrogens (tertiary/aromatic N) is 4. The van der Waals surface area contributed by atoms with Crippen LogP contribution < -0.4 is 0 Å². The number of halogens is 1. The zero-order chi connectivity index (χ0) is 19.3. The monoisotopic (exact) mass is 376 g/mol. The van der Waals surface area contributed by atoms with Crippen molar-refractivity contribution in [2.24, 2.45) is 0 Å². The molecule has 0 aliphatic carbocycles. The van der Waals surface area contributed by atoms with Gasteiger partial charge in [-0.3, -0.25) is 19.7 Å². The van der Waals surface area contributed by atoms with Crippen LogP contribution in [0.5, 0.6) is 0 Å². The quantitative estimate of drug-likeness (QED) is 0.698. The van der Waals surface area contributed by atoms with E-state index < -0.39 is 0 Å². The number of likely N-dealkylation sites (tertiary alicyclic amines) is 1. The summed E-state index contributed by atoms with van der Waals surface area (Å²) in [5.41, 5.74) is 3.44. The molecule has 142 valence electrons. The van der Waals surface area contributed by atoms with Crippen molar-refractivity contribution in [2.75, 3.05) is 13.1 Å². The highest BCUT2D eigenvalue weighted by Crippen LogP contribution is 2.32. The van der Waals surface area contributed by atoms with Crippen LogP contribution >= 0.6 is 0 Å². The molecule has 1 fully saturated rings. The normalized spacial score (nSPS) is 16.8. The highest BCUT2D eigenvalue weighted by atomic mass is 19.1. The standard InChI is InChI=1S/C22H21FN4O/c23-19-5-3-17(4-6-19)21-22(26-12-11-25-21)18-2-1-13-27(15-18)20(28)14-16-7-9-24-10-8-16/h3-12,18H,1-2,13-15H2/t18-/m0/s1. The van der Waals surface area contributed by atoms with Crippen LogP contribution in [0, 0.1) is 5.82 Å². The molecule has 1 saturated heterocycles. The van der Waals surface area contributed by atoms with Crippen molar-refractivity contribution >= 4 is 5.91 Å². The summed E-state index contributed by atoms with van der Waals surface area (Å²) in [6, 6.07) is 10.0. The van der Waals surface area contributed by atoms with Gasteiger partial charge in [-0.15, -0.1) is 0 Å². The average molecular weight is 376 g/mol. The van der Waals surface area contributed by atoms with Crippen molar-refractivity contribution in [3.8, 4) is 11.3 Å². The van der Waals surface area contributed by atoms with Crippen LogP contribution in [0.4, 0.5) is 4.39 Å². The number of hydrogen-bond acceptors (Lipinski definition) is 4. The Morgan fingerprint density at radius 1 is 1.04 bits per heavy atom. The van der Waals surface area contributed by atoms with Crippen LogP contribution in [0.15, 0.2) is 61.2 Å². The van der Waals surface area contributed by atoms with E-state index in [1.165, 1.54) is 12.1 Å². The number of pyridine rings is 1. The number of hydrogen-bond donors (Lipinski definition) is 0. The Labute approximate surface area is 163 Å². The van der Waals surface area contributed by atoms with Gasteiger partial charge in [0.25, 0.3) is 0 Å². The van der Waals surface area contributed by atoms with Crippen molar-refractivity contribution in [3.63, 3.8) is 0 Å². The smallest absolute Gasteiger partial charge is 0.227 e. The first-order valence-electron chi connectivity index (χ1n) is 9.44. The first kappa shape index (κ1) is 18.2. The number of benzene rings is 1. The lowest BCUT2D eigenvalue weighted by molar-refractivity contribution is -0.131. The van der Waals surface area contributed by atoms with Crippen LogP contribution in [0.2, 0.25) is 0 Å². The Kier molecular flexibility index (Phi) is 5.37. The van der Waals surface area contributed by atoms with Gasteiger partial charge in [0, 0.05) is 49.4 Å². The fraction of sp³-hybridized carbons (Fsp3) is 0.273. The number of carbonyl (C=O) groups is 1. The molecular weight excluding hydrogens is 355 g/mol. The maximum atomic E-state index is 13.3. The minimum Gasteiger partial charge on any atom is -0.342 e. The predicted molar refractivity (Wildman–Crippen MR) is 104 cm³/mol. The molecule has 3 heterocycles. The molecule has 0 N–H and O–H groups in total. The van der Waals surface area contributed by atoms with Crippen molar-refractivity contribution in [3.05, 3.63) is 78.3 Å². The topological polar surface area (TPSA) is 59.0 Å². The van der Waals surface area contributed by atoms with Gasteiger partial charge in [0.15, 0.2) is 0 Å². The molecule has 2 aromatic heterocycles. The first-order chi connectivity index (χ1) is 13.7. The van der Waals surface area contributed by atoms with Gasteiger partial charge < -0.3 is 4.90 Å². The minimum absolute atomic E-state index is 0.114. The lowest BCUT2D eigenvalue weighted by Crippen LogP contribution is -2.40. The van der Waals surface area contributed by atoms with Crippen LogP contribution in [-0.4, -0.2) is 38.8 Å². The van der Waals surface area contributed by atoms with Crippen LogP contribution in [0.25, 0.3) is 11.3 Å². The van der Waals surface area contributed by atoms with Gasteiger partial charge in [0.2, 0.25) is 5.91 Å². The van der Waals surface area contributed by atoms with Gasteiger partial charge in [-0.1, -0.05) is 0 Å². The van der Waals surface area contributed by atoms with E-state index in [-0.39, 0.29) is 17.6 Å². The molecule has 3 aromatic rings. The van der Waals surface area contributed by atoms with Crippen molar-refractivity contribution < 1.29 is 9.18 Å². The SMILES string of the molecule is O=C(Cc1ccncc1)N1CCC[C@H](c2nccnc2-c2ccc(F)cc2)C1. The Hall–Kier alpha value is -3.15. The number of amides is 1. The third kappa shape index (κ3) is 4.06. The van der Waals surface area contributed by atoms with Gasteiger partial charge in [0.1, 0.15) is 5.82 Å². The Morgan fingerprint density at radius 3 is 2.57 bits per heavy atom. The summed E-state index contributed by atoms with van der Waals surface area (Å²) >= 11 is 0. The average Bonchev–Trinajstić information content (AvgIpc) is 2.75. The molecule has 6 heteroatoms. The summed E-state index contributed by atoms with van der Waals surface area (Å²) < 4.78 is 13.3. The predicted octanol–water partition coefficient (Wildman–Crippen LogP) is 3.63. The molecule has 4 rings (SSSR count). The maximum absolute atomic E-state index is 13.3. The summed E-state index contributed by atoms with van der Waals surface area (Å²) in [5.74, 6) is -0.0493. The highest BCUT2D eigenvalue weighted by Gasteiger charge is 2.28. The first-order valence-corrected chi connectivity index (χ1v) is 9.44. The van der Waals surface area contributed by atoms with Crippen LogP contribution in [0.3, 0.4) is 0 Å². The molecule has 1 atom stereocenters. The highest BCUT2D eigenvalue weighted by molar-refractivity contribution is 5.79. The van der Waals surface area contributed by atoms with Crippen molar-refractivity contribution in [2.45, 2.75) is 25.2 Å². The van der Waals surface area contributed by atoms with Crippen LogP contribution in [0.1, 0.15) is 30.0 Å². The van der Waals surface area contributed by atoms with E-state index in [1.54, 1.807) is 36.9 Å². The summed E-state index contributed by atoms with van der Waals surface area (Å²) in [6.45, 7) is 1.38. The maximum Gasteiger partial charge on any atom is 0.227 e. The van der Waals surface area contributed by atoms with Crippen LogP contribution in [-0.2, 0) is 11.2 Å². The van der Waals surface area contributed by atoms with E-state index in [0.29, 0.717) is 13.0 Å². The van der Waals surface area contributed by atoms with Gasteiger partial charge in [-0.25, -0.2) is 4.39 Å². The fourth-order valence-corrected chi connectivity index (χ4v) is 3.69. The number of carbonyl (C=O) groups excluding carboxylic acids is 1. The lowest BCUT2D eigenvalue weighted by Gasteiger charge is -2.33. The van der Waals surface area contributed by atoms with E-state index in [4.69, 9.17) is 0 Å². The summed E-state index contributed by atoms with van der Waals surface area (Å²) in [7, 11) is 0. The molecular formula is C22H21FN4O. The molecule has 1 aromatic carbocycles. The van der Waals surface area contributed by atoms with E-state index >= 15 is 0 Å². The molecule has 0 radical (unpaired) electrons. The summed E-state index contributed by atoms with van der Waals surface area (Å²) in [6.07, 6.45) is 8.99. The third-order valence-corrected chi connectivity index (χ3v) is 5.11. The fourth-order valence-electron chi connectivity index (χ4n) is 3.69. The molecule has 1 amide bonds. The second-order valence-corrected chi connectivity index (χ2v) is 7.01. The van der Waals surface area contributed by atoms with E-state index in [2.05, 4.69) is 15.0 Å². The Bertz CT molecular complexity index is 946. The zero-order valence-electron chi connectivity index (χ0n) is 15.5. The molecule has 28 heavy (non-hydrogen) atoms. The van der Waals surface area contributed by atoms with Gasteiger partial charge >= 0.3 is 0 Å². The van der Waals surface area contributed by atoms with Crippen molar-refractivity contribution in [1.29, 1.82) is 0 Å². The van der Waals surface area contributed by atoms with Crippen molar-refractivity contribution in [1.82, 2.24) is 19.9 Å². The summed E-state index contributed by atoms with van der Waals surface area (Å²) in [4.78, 5) is 27.7. The molecule has 0 spiro atoms. The Balaban J connectivity index is 1.54. The van der Waals surface area contributed by atoms with E-state index in [0.717, 1.165) is 41.9 Å². The molecule has 0 bridgehead atoms. The molecule has 1 aliphatic rings. The number of aromatic nitrogens is 3. The largest absolute Gasteiger partial charge is 0.342 e. The summed E-state index contributed by atoms with van der Waals surface area (Å²) in [5, 5.41) is 0.